The standard InChI is InChI=1S/C12H14N2O3S2/c1-17-11-5-3-2-4-10(11)14-12(18)13-9-6-7-19(15,16)8-9/h2-7,9H,8H2,1H3,(H2,13,14,18)/t9-/m0/s1. The predicted octanol–water partition coefficient (Wildman–Crippen LogP) is 1.29. The minimum Gasteiger partial charge on any atom is -0.495 e. The number of nitrogens with one attached hydrogen (secondary N) is 2. The van der Waals surface area contributed by atoms with Gasteiger partial charge in [0.15, 0.2) is 14.9 Å². The molecule has 5 nitrogen and oxygen atoms in total. The summed E-state index contributed by atoms with van der Waals surface area (Å²) in [6.07, 6.45) is 1.59. The van der Waals surface area contributed by atoms with E-state index < -0.39 is 9.84 Å². The quantitative estimate of drug-likeness (QED) is 0.820. The zero-order valence-corrected chi connectivity index (χ0v) is 11.9. The summed E-state index contributed by atoms with van der Waals surface area (Å²) in [5.74, 6) is 0.696. The van der Waals surface area contributed by atoms with Gasteiger partial charge in [0.05, 0.1) is 24.6 Å². The van der Waals surface area contributed by atoms with Gasteiger partial charge in [-0.05, 0) is 30.4 Å². The van der Waals surface area contributed by atoms with Crippen LogP contribution in [-0.4, -0.2) is 32.4 Å². The molecule has 1 aliphatic heterocycles. The van der Waals surface area contributed by atoms with E-state index >= 15 is 0 Å². The summed E-state index contributed by atoms with van der Waals surface area (Å²) in [5, 5.41) is 7.48. The lowest BCUT2D eigenvalue weighted by Crippen LogP contribution is -2.38. The van der Waals surface area contributed by atoms with E-state index in [0.717, 1.165) is 5.69 Å². The van der Waals surface area contributed by atoms with Crippen molar-refractivity contribution in [2.24, 2.45) is 0 Å². The van der Waals surface area contributed by atoms with Gasteiger partial charge >= 0.3 is 0 Å². The molecular formula is C12H14N2O3S2. The summed E-state index contributed by atoms with van der Waals surface area (Å²) in [7, 11) is -1.51. The molecule has 0 fully saturated rings. The maximum atomic E-state index is 11.3. The molecule has 0 amide bonds. The van der Waals surface area contributed by atoms with Crippen LogP contribution in [-0.2, 0) is 9.84 Å². The van der Waals surface area contributed by atoms with E-state index in [4.69, 9.17) is 17.0 Å². The van der Waals surface area contributed by atoms with Crippen LogP contribution in [0, 0.1) is 0 Å². The fourth-order valence-electron chi connectivity index (χ4n) is 1.74. The van der Waals surface area contributed by atoms with E-state index in [9.17, 15) is 8.42 Å². The van der Waals surface area contributed by atoms with E-state index in [0.29, 0.717) is 10.9 Å². The molecule has 0 saturated carbocycles. The summed E-state index contributed by atoms with van der Waals surface area (Å²) >= 11 is 5.15. The average Bonchev–Trinajstić information content (AvgIpc) is 2.69. The van der Waals surface area contributed by atoms with Gasteiger partial charge < -0.3 is 15.4 Å². The van der Waals surface area contributed by atoms with E-state index in [1.165, 1.54) is 5.41 Å². The highest BCUT2D eigenvalue weighted by atomic mass is 32.2. The Morgan fingerprint density at radius 3 is 2.79 bits per heavy atom. The highest BCUT2D eigenvalue weighted by Crippen LogP contribution is 2.22. The Morgan fingerprint density at radius 2 is 2.16 bits per heavy atom. The van der Waals surface area contributed by atoms with Gasteiger partial charge in [-0.15, -0.1) is 0 Å². The Balaban J connectivity index is 1.97. The van der Waals surface area contributed by atoms with Gasteiger partial charge in [0.25, 0.3) is 0 Å². The second kappa shape index (κ2) is 5.58. The van der Waals surface area contributed by atoms with Crippen molar-refractivity contribution in [1.82, 2.24) is 5.32 Å². The van der Waals surface area contributed by atoms with Crippen LogP contribution in [0.5, 0.6) is 5.75 Å². The largest absolute Gasteiger partial charge is 0.495 e. The second-order valence-corrected chi connectivity index (χ2v) is 6.40. The lowest BCUT2D eigenvalue weighted by atomic mass is 10.3. The molecule has 1 aromatic rings. The lowest BCUT2D eigenvalue weighted by Gasteiger charge is -2.15. The van der Waals surface area contributed by atoms with Crippen LogP contribution >= 0.6 is 12.2 Å². The number of benzene rings is 1. The first-order valence-corrected chi connectivity index (χ1v) is 7.74. The molecule has 1 atom stereocenters. The summed E-state index contributed by atoms with van der Waals surface area (Å²) in [4.78, 5) is 0. The molecule has 7 heteroatoms. The highest BCUT2D eigenvalue weighted by Gasteiger charge is 2.22. The first kappa shape index (κ1) is 13.8. The molecule has 0 aromatic heterocycles. The zero-order chi connectivity index (χ0) is 13.9. The molecule has 2 rings (SSSR count). The Labute approximate surface area is 117 Å². The monoisotopic (exact) mass is 298 g/mol. The third kappa shape index (κ3) is 3.68. The molecule has 2 N–H and O–H groups in total. The van der Waals surface area contributed by atoms with Gasteiger partial charge in [-0.2, -0.15) is 0 Å². The summed E-state index contributed by atoms with van der Waals surface area (Å²) in [6, 6.07) is 7.05. The number of ether oxygens (including phenoxy) is 1. The lowest BCUT2D eigenvalue weighted by molar-refractivity contribution is 0.417. The van der Waals surface area contributed by atoms with Crippen molar-refractivity contribution in [2.45, 2.75) is 6.04 Å². The number of hydrogen-bond donors (Lipinski definition) is 2. The zero-order valence-electron chi connectivity index (χ0n) is 10.3. The van der Waals surface area contributed by atoms with Crippen LogP contribution in [0.1, 0.15) is 0 Å². The molecule has 19 heavy (non-hydrogen) atoms. The van der Waals surface area contributed by atoms with Crippen LogP contribution in [0.2, 0.25) is 0 Å². The first-order chi connectivity index (χ1) is 9.00. The van der Waals surface area contributed by atoms with Crippen LogP contribution in [0.3, 0.4) is 0 Å². The number of thiocarbonyl (C=S) groups is 1. The number of rotatable bonds is 3. The number of hydrogen-bond acceptors (Lipinski definition) is 4. The number of methoxy groups -OCH3 is 1. The first-order valence-electron chi connectivity index (χ1n) is 5.62. The number of sulfone groups is 1. The van der Waals surface area contributed by atoms with Crippen molar-refractivity contribution >= 4 is 32.9 Å². The topological polar surface area (TPSA) is 67.4 Å². The SMILES string of the molecule is COc1ccccc1NC(=S)N[C@H]1C=CS(=O)(=O)C1. The third-order valence-corrected chi connectivity index (χ3v) is 4.22. The van der Waals surface area contributed by atoms with E-state index in [1.807, 2.05) is 24.3 Å². The van der Waals surface area contributed by atoms with Gasteiger partial charge in [0, 0.05) is 5.41 Å². The van der Waals surface area contributed by atoms with Crippen LogP contribution < -0.4 is 15.4 Å². The number of anilines is 1. The van der Waals surface area contributed by atoms with Gasteiger partial charge in [-0.3, -0.25) is 0 Å². The fraction of sp³-hybridized carbons (Fsp3) is 0.250. The van der Waals surface area contributed by atoms with Gasteiger partial charge in [0.2, 0.25) is 0 Å². The van der Waals surface area contributed by atoms with Crippen molar-refractivity contribution < 1.29 is 13.2 Å². The summed E-state index contributed by atoms with van der Waals surface area (Å²) in [5.41, 5.74) is 0.729. The van der Waals surface area contributed by atoms with Crippen LogP contribution in [0.4, 0.5) is 5.69 Å². The molecular weight excluding hydrogens is 284 g/mol. The Morgan fingerprint density at radius 1 is 1.42 bits per heavy atom. The molecule has 1 aliphatic rings. The second-order valence-electron chi connectivity index (χ2n) is 4.06. The van der Waals surface area contributed by atoms with Gasteiger partial charge in [0.1, 0.15) is 5.75 Å². The average molecular weight is 298 g/mol. The van der Waals surface area contributed by atoms with Crippen molar-refractivity contribution in [1.29, 1.82) is 0 Å². The van der Waals surface area contributed by atoms with Gasteiger partial charge in [-0.1, -0.05) is 12.1 Å². The predicted molar refractivity (Wildman–Crippen MR) is 79.1 cm³/mol. The minimum atomic E-state index is -3.08. The molecule has 0 bridgehead atoms. The summed E-state index contributed by atoms with van der Waals surface area (Å²) < 4.78 is 27.7. The molecule has 0 unspecified atom stereocenters. The van der Waals surface area contributed by atoms with Crippen LogP contribution in [0.25, 0.3) is 0 Å². The normalized spacial score (nSPS) is 19.9. The third-order valence-electron chi connectivity index (χ3n) is 2.60. The van der Waals surface area contributed by atoms with Crippen LogP contribution in [0.15, 0.2) is 35.7 Å². The molecule has 0 saturated heterocycles. The molecule has 0 aliphatic carbocycles. The van der Waals surface area contributed by atoms with E-state index in [-0.39, 0.29) is 11.8 Å². The molecule has 0 spiro atoms. The van der Waals surface area contributed by atoms with E-state index in [2.05, 4.69) is 10.6 Å². The Kier molecular flexibility index (Phi) is 4.06. The fourth-order valence-corrected chi connectivity index (χ4v) is 3.24. The van der Waals surface area contributed by atoms with Crippen molar-refractivity contribution in [3.05, 3.63) is 35.7 Å². The molecule has 1 heterocycles. The maximum absolute atomic E-state index is 11.3. The molecule has 0 radical (unpaired) electrons. The maximum Gasteiger partial charge on any atom is 0.173 e. The van der Waals surface area contributed by atoms with E-state index in [1.54, 1.807) is 13.2 Å². The minimum absolute atomic E-state index is 0.0285. The Hall–Kier alpha value is -1.60. The molecule has 1 aromatic carbocycles. The van der Waals surface area contributed by atoms with Crippen molar-refractivity contribution in [2.75, 3.05) is 18.2 Å². The van der Waals surface area contributed by atoms with Crippen molar-refractivity contribution in [3.63, 3.8) is 0 Å². The number of para-hydroxylation sites is 2. The van der Waals surface area contributed by atoms with Gasteiger partial charge in [-0.25, -0.2) is 8.42 Å². The smallest absolute Gasteiger partial charge is 0.173 e. The van der Waals surface area contributed by atoms with Crippen molar-refractivity contribution in [3.8, 4) is 5.75 Å². The molecule has 102 valence electrons. The Bertz CT molecular complexity index is 611. The summed E-state index contributed by atoms with van der Waals surface area (Å²) in [6.45, 7) is 0. The highest BCUT2D eigenvalue weighted by molar-refractivity contribution is 7.94.